The topological polar surface area (TPSA) is 97.0 Å². The van der Waals surface area contributed by atoms with Crippen molar-refractivity contribution in [3.63, 3.8) is 0 Å². The fourth-order valence-electron chi connectivity index (χ4n) is 7.33. The van der Waals surface area contributed by atoms with E-state index in [1.807, 2.05) is 28.8 Å². The lowest BCUT2D eigenvalue weighted by molar-refractivity contribution is -0.142. The van der Waals surface area contributed by atoms with Crippen molar-refractivity contribution >= 4 is 22.7 Å². The predicted molar refractivity (Wildman–Crippen MR) is 144 cm³/mol. The van der Waals surface area contributed by atoms with E-state index in [1.54, 1.807) is 6.92 Å². The Morgan fingerprint density at radius 2 is 1.86 bits per heavy atom. The number of hydrogen-bond acceptors (Lipinski definition) is 6. The first-order valence-electron chi connectivity index (χ1n) is 14.1. The van der Waals surface area contributed by atoms with Gasteiger partial charge in [-0.25, -0.2) is 9.78 Å². The molecule has 37 heavy (non-hydrogen) atoms. The van der Waals surface area contributed by atoms with Crippen molar-refractivity contribution in [3.05, 3.63) is 40.3 Å². The minimum absolute atomic E-state index is 0.0859. The molecule has 1 aromatic heterocycles. The monoisotopic (exact) mass is 508 g/mol. The van der Waals surface area contributed by atoms with Crippen molar-refractivity contribution in [1.29, 1.82) is 0 Å². The molecule has 1 unspecified atom stereocenters. The highest BCUT2D eigenvalue weighted by Crippen LogP contribution is 2.44. The van der Waals surface area contributed by atoms with Gasteiger partial charge in [0.25, 0.3) is 5.56 Å². The maximum absolute atomic E-state index is 13.8. The summed E-state index contributed by atoms with van der Waals surface area (Å²) in [6.45, 7) is 4.37. The van der Waals surface area contributed by atoms with Crippen LogP contribution in [0, 0.1) is 11.8 Å². The van der Waals surface area contributed by atoms with Gasteiger partial charge in [-0.05, 0) is 69.4 Å². The summed E-state index contributed by atoms with van der Waals surface area (Å²) in [6.07, 6.45) is 12.5. The lowest BCUT2D eigenvalue weighted by atomic mass is 9.69. The van der Waals surface area contributed by atoms with Crippen LogP contribution in [0.1, 0.15) is 89.8 Å². The third-order valence-corrected chi connectivity index (χ3v) is 8.82. The summed E-state index contributed by atoms with van der Waals surface area (Å²) in [4.78, 5) is 37.0. The number of nitrogens with zero attached hydrogens (tertiary/aromatic N) is 4. The molecule has 5 atom stereocenters. The zero-order chi connectivity index (χ0) is 25.9. The van der Waals surface area contributed by atoms with Gasteiger partial charge in [0.05, 0.1) is 11.0 Å². The minimum atomic E-state index is -1.12. The van der Waals surface area contributed by atoms with Gasteiger partial charge < -0.3 is 14.5 Å². The van der Waals surface area contributed by atoms with Crippen molar-refractivity contribution in [2.45, 2.75) is 96.2 Å². The van der Waals surface area contributed by atoms with Crippen molar-refractivity contribution < 1.29 is 14.7 Å². The number of rotatable bonds is 8. The zero-order valence-electron chi connectivity index (χ0n) is 22.1. The number of carboxylic acids is 1. The van der Waals surface area contributed by atoms with Crippen LogP contribution in [0.3, 0.4) is 0 Å². The van der Waals surface area contributed by atoms with Gasteiger partial charge in [0.2, 0.25) is 6.61 Å². The van der Waals surface area contributed by atoms with Crippen LogP contribution >= 0.6 is 0 Å². The number of benzene rings is 1. The Kier molecular flexibility index (Phi) is 7.93. The number of likely N-dealkylation sites (tertiary alicyclic amines) is 1. The maximum atomic E-state index is 13.8. The summed E-state index contributed by atoms with van der Waals surface area (Å²) >= 11 is 0. The van der Waals surface area contributed by atoms with Crippen LogP contribution in [0.4, 0.5) is 0 Å². The molecule has 0 amide bonds. The Bertz CT molecular complexity index is 1200. The van der Waals surface area contributed by atoms with Crippen LogP contribution in [0.2, 0.25) is 0 Å². The van der Waals surface area contributed by atoms with E-state index in [9.17, 15) is 9.59 Å². The number of fused-ring (bicyclic) bond motifs is 3. The Balaban J connectivity index is 1.44. The van der Waals surface area contributed by atoms with Crippen LogP contribution in [0.5, 0.6) is 0 Å². The van der Waals surface area contributed by atoms with E-state index in [0.29, 0.717) is 17.8 Å². The lowest BCUT2D eigenvalue weighted by Crippen LogP contribution is -2.52. The second-order valence-corrected chi connectivity index (χ2v) is 11.4. The normalized spacial score (nSPS) is 28.8. The number of para-hydroxylation sites is 2. The molecule has 1 aromatic carbocycles. The summed E-state index contributed by atoms with van der Waals surface area (Å²) in [5.74, 6) is 0.686. The van der Waals surface area contributed by atoms with E-state index in [1.165, 1.54) is 38.5 Å². The Hall–Kier alpha value is -2.74. The highest BCUT2D eigenvalue weighted by molar-refractivity contribution is 5.97. The quantitative estimate of drug-likeness (QED) is 0.398. The molecule has 8 nitrogen and oxygen atoms in total. The molecule has 3 fully saturated rings. The second-order valence-electron chi connectivity index (χ2n) is 11.4. The fraction of sp³-hybridized carbons (Fsp3) is 0.655. The predicted octanol–water partition coefficient (Wildman–Crippen LogP) is 5.00. The highest BCUT2D eigenvalue weighted by Gasteiger charge is 2.39. The van der Waals surface area contributed by atoms with Crippen molar-refractivity contribution in [2.75, 3.05) is 13.2 Å². The van der Waals surface area contributed by atoms with Crippen LogP contribution in [-0.4, -0.2) is 56.5 Å². The molecule has 2 bridgehead atoms. The van der Waals surface area contributed by atoms with Crippen LogP contribution in [0.15, 0.2) is 34.2 Å². The van der Waals surface area contributed by atoms with Crippen LogP contribution < -0.4 is 5.56 Å². The molecule has 1 saturated heterocycles. The van der Waals surface area contributed by atoms with Crippen molar-refractivity contribution in [2.24, 2.45) is 17.0 Å². The van der Waals surface area contributed by atoms with Gasteiger partial charge in [-0.2, -0.15) is 0 Å². The number of carboxylic acid groups (broad SMARTS) is 1. The standard InChI is InChI=1S/C29H40N4O4/c1-3-7-22-17-23(12-13-32(22)24-15-20-8-6-9-21(14-20)16-24)33-26-11-5-4-10-25(26)30-28(29(33)36)19(2)31-37-18-27(34)35/h4-5,10-11,20-24H,3,6-9,12-18H2,1-2H3,(H,34,35)/b31-19+/t20-,21+,22-,23-,24?/m0/s1. The van der Waals surface area contributed by atoms with E-state index in [2.05, 4.69) is 22.0 Å². The van der Waals surface area contributed by atoms with E-state index in [4.69, 9.17) is 9.94 Å². The van der Waals surface area contributed by atoms with Gasteiger partial charge in [0.1, 0.15) is 5.71 Å². The molecule has 2 saturated carbocycles. The SMILES string of the molecule is CCC[C@H]1C[C@@H](n2c(=O)c(/C(C)=N/OCC(=O)O)nc3ccccc32)CCN1C1C[C@H]2CCC[C@@H](C1)C2. The third kappa shape index (κ3) is 5.59. The lowest BCUT2D eigenvalue weighted by Gasteiger charge is -2.49. The number of piperidine rings is 1. The van der Waals surface area contributed by atoms with Gasteiger partial charge in [-0.3, -0.25) is 9.69 Å². The molecule has 8 heteroatoms. The summed E-state index contributed by atoms with van der Waals surface area (Å²) in [5.41, 5.74) is 1.91. The first kappa shape index (κ1) is 25.9. The average Bonchev–Trinajstić information content (AvgIpc) is 2.88. The number of hydrogen-bond donors (Lipinski definition) is 1. The molecule has 0 radical (unpaired) electrons. The van der Waals surface area contributed by atoms with Crippen LogP contribution in [0.25, 0.3) is 11.0 Å². The molecule has 2 aliphatic carbocycles. The Morgan fingerprint density at radius 1 is 1.11 bits per heavy atom. The van der Waals surface area contributed by atoms with Crippen LogP contribution in [-0.2, 0) is 9.63 Å². The minimum Gasteiger partial charge on any atom is -0.479 e. The van der Waals surface area contributed by atoms with E-state index in [0.717, 1.165) is 55.1 Å². The van der Waals surface area contributed by atoms with Crippen molar-refractivity contribution in [1.82, 2.24) is 14.5 Å². The molecule has 1 aliphatic heterocycles. The van der Waals surface area contributed by atoms with Gasteiger partial charge in [0.15, 0.2) is 5.69 Å². The Labute approximate surface area is 218 Å². The first-order valence-corrected chi connectivity index (χ1v) is 14.1. The fourth-order valence-corrected chi connectivity index (χ4v) is 7.33. The molecule has 1 N–H and O–H groups in total. The molecular formula is C29H40N4O4. The average molecular weight is 509 g/mol. The van der Waals surface area contributed by atoms with Gasteiger partial charge in [0, 0.05) is 24.7 Å². The molecule has 5 rings (SSSR count). The number of aliphatic carboxylic acids is 1. The van der Waals surface area contributed by atoms with E-state index < -0.39 is 12.6 Å². The molecule has 3 aliphatic rings. The highest BCUT2D eigenvalue weighted by atomic mass is 16.6. The molecular weight excluding hydrogens is 468 g/mol. The second kappa shape index (κ2) is 11.3. The number of oxime groups is 1. The van der Waals surface area contributed by atoms with E-state index >= 15 is 0 Å². The summed E-state index contributed by atoms with van der Waals surface area (Å²) in [5, 5.41) is 12.7. The van der Waals surface area contributed by atoms with Gasteiger partial charge in [-0.15, -0.1) is 0 Å². The zero-order valence-corrected chi connectivity index (χ0v) is 22.1. The molecule has 2 heterocycles. The molecule has 200 valence electrons. The molecule has 0 spiro atoms. The smallest absolute Gasteiger partial charge is 0.344 e. The number of aromatic nitrogens is 2. The summed E-state index contributed by atoms with van der Waals surface area (Å²) < 4.78 is 1.93. The van der Waals surface area contributed by atoms with Gasteiger partial charge >= 0.3 is 5.97 Å². The van der Waals surface area contributed by atoms with Crippen molar-refractivity contribution in [3.8, 4) is 0 Å². The maximum Gasteiger partial charge on any atom is 0.344 e. The number of carbonyl (C=O) groups is 1. The molecule has 2 aromatic rings. The van der Waals surface area contributed by atoms with Gasteiger partial charge in [-0.1, -0.05) is 49.9 Å². The Morgan fingerprint density at radius 3 is 2.59 bits per heavy atom. The largest absolute Gasteiger partial charge is 0.479 e. The summed E-state index contributed by atoms with van der Waals surface area (Å²) in [7, 11) is 0. The third-order valence-electron chi connectivity index (χ3n) is 8.82. The van der Waals surface area contributed by atoms with E-state index in [-0.39, 0.29) is 17.3 Å². The first-order chi connectivity index (χ1) is 17.9. The summed E-state index contributed by atoms with van der Waals surface area (Å²) in [6, 6.07) is 9.01.